The Labute approximate surface area is 125 Å². The molecule has 6 heteroatoms. The van der Waals surface area contributed by atoms with E-state index < -0.39 is 17.9 Å². The molecule has 108 valence electrons. The lowest BCUT2D eigenvalue weighted by molar-refractivity contribution is -0.134. The Balaban J connectivity index is 2.46. The predicted octanol–water partition coefficient (Wildman–Crippen LogP) is 2.46. The number of piperazine rings is 1. The molecular formula is C14H16BrFN2O2. The molecule has 1 N–H and O–H groups in total. The number of carbonyl (C=O) groups excluding carboxylic acids is 2. The molecule has 1 aromatic rings. The smallest absolute Gasteiger partial charge is 0.250 e. The molecule has 1 aromatic carbocycles. The predicted molar refractivity (Wildman–Crippen MR) is 77.8 cm³/mol. The maximum atomic E-state index is 13.2. The van der Waals surface area contributed by atoms with Gasteiger partial charge in [0.1, 0.15) is 17.9 Å². The highest BCUT2D eigenvalue weighted by Gasteiger charge is 2.40. The molecule has 0 aliphatic carbocycles. The Kier molecular flexibility index (Phi) is 4.13. The van der Waals surface area contributed by atoms with Gasteiger partial charge in [0.05, 0.1) is 5.69 Å². The molecule has 0 radical (unpaired) electrons. The third-order valence-corrected chi connectivity index (χ3v) is 4.04. The molecule has 0 bridgehead atoms. The van der Waals surface area contributed by atoms with Gasteiger partial charge in [-0.3, -0.25) is 14.5 Å². The van der Waals surface area contributed by atoms with Crippen LogP contribution in [-0.4, -0.2) is 23.9 Å². The average molecular weight is 343 g/mol. The number of nitrogens with zero attached hydrogens (tertiary/aromatic N) is 1. The van der Waals surface area contributed by atoms with Crippen LogP contribution in [0.15, 0.2) is 22.7 Å². The first kappa shape index (κ1) is 15.0. The highest BCUT2D eigenvalue weighted by molar-refractivity contribution is 9.10. The van der Waals surface area contributed by atoms with Crippen molar-refractivity contribution in [2.24, 2.45) is 5.92 Å². The fourth-order valence-corrected chi connectivity index (χ4v) is 2.79. The van der Waals surface area contributed by atoms with Gasteiger partial charge in [-0.2, -0.15) is 0 Å². The van der Waals surface area contributed by atoms with E-state index in [9.17, 15) is 14.0 Å². The van der Waals surface area contributed by atoms with Crippen LogP contribution in [-0.2, 0) is 9.59 Å². The van der Waals surface area contributed by atoms with Gasteiger partial charge in [0, 0.05) is 4.47 Å². The zero-order chi connectivity index (χ0) is 15.0. The highest BCUT2D eigenvalue weighted by Crippen LogP contribution is 2.31. The van der Waals surface area contributed by atoms with Crippen LogP contribution in [0.4, 0.5) is 10.1 Å². The SMILES string of the molecule is CC(C)C1NC(=O)C(C)N(c2ccc(F)cc2Br)C1=O. The number of carbonyl (C=O) groups is 2. The van der Waals surface area contributed by atoms with Crippen LogP contribution in [0.2, 0.25) is 0 Å². The molecule has 4 nitrogen and oxygen atoms in total. The molecule has 2 unspecified atom stereocenters. The second kappa shape index (κ2) is 5.52. The van der Waals surface area contributed by atoms with Crippen molar-refractivity contribution in [2.75, 3.05) is 4.90 Å². The lowest BCUT2D eigenvalue weighted by Crippen LogP contribution is -2.64. The van der Waals surface area contributed by atoms with Gasteiger partial charge in [-0.15, -0.1) is 0 Å². The summed E-state index contributed by atoms with van der Waals surface area (Å²) in [7, 11) is 0. The summed E-state index contributed by atoms with van der Waals surface area (Å²) in [5, 5.41) is 2.73. The first-order chi connectivity index (χ1) is 9.32. The average Bonchev–Trinajstić information content (AvgIpc) is 2.36. The summed E-state index contributed by atoms with van der Waals surface area (Å²) in [6.07, 6.45) is 0. The van der Waals surface area contributed by atoms with Crippen LogP contribution in [0, 0.1) is 11.7 Å². The van der Waals surface area contributed by atoms with Crippen molar-refractivity contribution in [3.63, 3.8) is 0 Å². The minimum absolute atomic E-state index is 0.0133. The van der Waals surface area contributed by atoms with Crippen molar-refractivity contribution < 1.29 is 14.0 Å². The van der Waals surface area contributed by atoms with Gasteiger partial charge in [0.2, 0.25) is 5.91 Å². The number of rotatable bonds is 2. The van der Waals surface area contributed by atoms with Crippen molar-refractivity contribution >= 4 is 33.4 Å². The second-order valence-corrected chi connectivity index (χ2v) is 6.06. The van der Waals surface area contributed by atoms with E-state index in [1.54, 1.807) is 6.92 Å². The number of hydrogen-bond acceptors (Lipinski definition) is 2. The summed E-state index contributed by atoms with van der Waals surface area (Å²) < 4.78 is 13.6. The first-order valence-electron chi connectivity index (χ1n) is 6.41. The number of hydrogen-bond donors (Lipinski definition) is 1. The lowest BCUT2D eigenvalue weighted by Gasteiger charge is -2.39. The Morgan fingerprint density at radius 2 is 2.00 bits per heavy atom. The first-order valence-corrected chi connectivity index (χ1v) is 7.20. The van der Waals surface area contributed by atoms with E-state index >= 15 is 0 Å². The molecule has 1 aliphatic rings. The van der Waals surface area contributed by atoms with Crippen LogP contribution in [0.25, 0.3) is 0 Å². The summed E-state index contributed by atoms with van der Waals surface area (Å²) in [5.41, 5.74) is 0.504. The number of anilines is 1. The Bertz CT molecular complexity index is 562. The third-order valence-electron chi connectivity index (χ3n) is 3.40. The van der Waals surface area contributed by atoms with E-state index in [4.69, 9.17) is 0 Å². The molecule has 0 spiro atoms. The molecule has 0 aromatic heterocycles. The van der Waals surface area contributed by atoms with Gasteiger partial charge < -0.3 is 5.32 Å². The molecular weight excluding hydrogens is 327 g/mol. The molecule has 2 atom stereocenters. The topological polar surface area (TPSA) is 49.4 Å². The van der Waals surface area contributed by atoms with E-state index in [1.807, 2.05) is 13.8 Å². The van der Waals surface area contributed by atoms with E-state index in [0.29, 0.717) is 10.2 Å². The zero-order valence-corrected chi connectivity index (χ0v) is 13.1. The molecule has 1 aliphatic heterocycles. The summed E-state index contributed by atoms with van der Waals surface area (Å²) in [4.78, 5) is 26.0. The summed E-state index contributed by atoms with van der Waals surface area (Å²) >= 11 is 3.25. The maximum Gasteiger partial charge on any atom is 0.250 e. The van der Waals surface area contributed by atoms with Crippen molar-refractivity contribution in [3.8, 4) is 0 Å². The van der Waals surface area contributed by atoms with Gasteiger partial charge in [0.25, 0.3) is 5.91 Å². The zero-order valence-electron chi connectivity index (χ0n) is 11.5. The van der Waals surface area contributed by atoms with Crippen LogP contribution in [0.3, 0.4) is 0 Å². The minimum atomic E-state index is -0.626. The van der Waals surface area contributed by atoms with Gasteiger partial charge in [-0.05, 0) is 47.0 Å². The number of nitrogens with one attached hydrogen (secondary N) is 1. The van der Waals surface area contributed by atoms with Crippen LogP contribution < -0.4 is 10.2 Å². The molecule has 1 saturated heterocycles. The van der Waals surface area contributed by atoms with E-state index in [-0.39, 0.29) is 17.7 Å². The second-order valence-electron chi connectivity index (χ2n) is 5.21. The van der Waals surface area contributed by atoms with Gasteiger partial charge in [-0.25, -0.2) is 4.39 Å². The van der Waals surface area contributed by atoms with Crippen LogP contribution >= 0.6 is 15.9 Å². The standard InChI is InChI=1S/C14H16BrFN2O2/c1-7(2)12-14(20)18(8(3)13(19)17-12)11-5-4-9(16)6-10(11)15/h4-8,12H,1-3H3,(H,17,19). The summed E-state index contributed by atoms with van der Waals surface area (Å²) in [6.45, 7) is 5.40. The monoisotopic (exact) mass is 342 g/mol. The fraction of sp³-hybridized carbons (Fsp3) is 0.429. The van der Waals surface area contributed by atoms with Gasteiger partial charge in [-0.1, -0.05) is 13.8 Å². The normalized spacial score (nSPS) is 23.2. The highest BCUT2D eigenvalue weighted by atomic mass is 79.9. The third kappa shape index (κ3) is 2.57. The van der Waals surface area contributed by atoms with Crippen molar-refractivity contribution in [3.05, 3.63) is 28.5 Å². The summed E-state index contributed by atoms with van der Waals surface area (Å²) in [6, 6.07) is 2.88. The lowest BCUT2D eigenvalue weighted by atomic mass is 9.98. The number of benzene rings is 1. The van der Waals surface area contributed by atoms with Crippen molar-refractivity contribution in [1.82, 2.24) is 5.32 Å². The minimum Gasteiger partial charge on any atom is -0.342 e. The molecule has 1 fully saturated rings. The van der Waals surface area contributed by atoms with Crippen molar-refractivity contribution in [2.45, 2.75) is 32.9 Å². The fourth-order valence-electron chi connectivity index (χ4n) is 2.25. The van der Waals surface area contributed by atoms with Gasteiger partial charge >= 0.3 is 0 Å². The van der Waals surface area contributed by atoms with Crippen molar-refractivity contribution in [1.29, 1.82) is 0 Å². The summed E-state index contributed by atoms with van der Waals surface area (Å²) in [5.74, 6) is -0.804. The van der Waals surface area contributed by atoms with Crippen LogP contribution in [0.5, 0.6) is 0 Å². The molecule has 2 amide bonds. The molecule has 1 heterocycles. The van der Waals surface area contributed by atoms with E-state index in [2.05, 4.69) is 21.2 Å². The van der Waals surface area contributed by atoms with E-state index in [1.165, 1.54) is 23.1 Å². The Hall–Kier alpha value is -1.43. The quantitative estimate of drug-likeness (QED) is 0.897. The Morgan fingerprint density at radius 1 is 1.35 bits per heavy atom. The van der Waals surface area contributed by atoms with E-state index in [0.717, 1.165) is 0 Å². The molecule has 20 heavy (non-hydrogen) atoms. The largest absolute Gasteiger partial charge is 0.342 e. The maximum absolute atomic E-state index is 13.2. The number of halogens is 2. The molecule has 2 rings (SSSR count). The van der Waals surface area contributed by atoms with Crippen LogP contribution in [0.1, 0.15) is 20.8 Å². The Morgan fingerprint density at radius 3 is 2.55 bits per heavy atom. The van der Waals surface area contributed by atoms with Gasteiger partial charge in [0.15, 0.2) is 0 Å². The number of amides is 2. The molecule has 0 saturated carbocycles.